The molecule has 0 spiro atoms. The van der Waals surface area contributed by atoms with E-state index in [0.29, 0.717) is 0 Å². The van der Waals surface area contributed by atoms with Crippen molar-refractivity contribution in [3.8, 4) is 0 Å². The van der Waals surface area contributed by atoms with Crippen molar-refractivity contribution >= 4 is 31.5 Å². The van der Waals surface area contributed by atoms with Gasteiger partial charge in [-0.2, -0.15) is 4.57 Å². The van der Waals surface area contributed by atoms with Gasteiger partial charge in [0.25, 0.3) is 6.23 Å². The van der Waals surface area contributed by atoms with E-state index in [1.807, 2.05) is 11.3 Å². The summed E-state index contributed by atoms with van der Waals surface area (Å²) in [5.74, 6) is 0. The van der Waals surface area contributed by atoms with Crippen LogP contribution in [0.25, 0.3) is 20.2 Å². The standard InChI is InChI=1S/C15H14NOS/c1-10-16-9-15-13(8-11(16)6-7-17-10)12-4-2-3-5-14(12)18-15/h2-5,8-10H,6-7H2,1H3/q+1/t10-/m0/s1. The van der Waals surface area contributed by atoms with Crippen LogP contribution in [0.15, 0.2) is 36.5 Å². The van der Waals surface area contributed by atoms with Crippen LogP contribution in [0.3, 0.4) is 0 Å². The topological polar surface area (TPSA) is 13.1 Å². The summed E-state index contributed by atoms with van der Waals surface area (Å²) in [7, 11) is 0. The van der Waals surface area contributed by atoms with Crippen molar-refractivity contribution in [2.45, 2.75) is 19.6 Å². The number of thiophene rings is 1. The van der Waals surface area contributed by atoms with Gasteiger partial charge in [-0.15, -0.1) is 11.3 Å². The lowest BCUT2D eigenvalue weighted by atomic mass is 10.1. The molecule has 0 fully saturated rings. The van der Waals surface area contributed by atoms with Gasteiger partial charge in [0.2, 0.25) is 0 Å². The lowest BCUT2D eigenvalue weighted by molar-refractivity contribution is -0.771. The number of rotatable bonds is 0. The highest BCUT2D eigenvalue weighted by Crippen LogP contribution is 2.33. The van der Waals surface area contributed by atoms with Crippen molar-refractivity contribution in [2.75, 3.05) is 6.61 Å². The second-order valence-corrected chi connectivity index (χ2v) is 5.85. The van der Waals surface area contributed by atoms with E-state index in [-0.39, 0.29) is 6.23 Å². The Labute approximate surface area is 109 Å². The van der Waals surface area contributed by atoms with Crippen LogP contribution in [0.1, 0.15) is 18.8 Å². The van der Waals surface area contributed by atoms with Crippen LogP contribution in [0.4, 0.5) is 0 Å². The molecule has 3 heteroatoms. The molecule has 0 amide bonds. The highest BCUT2D eigenvalue weighted by Gasteiger charge is 2.25. The van der Waals surface area contributed by atoms with Crippen LogP contribution >= 0.6 is 11.3 Å². The zero-order valence-corrected chi connectivity index (χ0v) is 11.0. The molecule has 3 heterocycles. The van der Waals surface area contributed by atoms with Crippen molar-refractivity contribution in [1.82, 2.24) is 0 Å². The lowest BCUT2D eigenvalue weighted by Crippen LogP contribution is -2.46. The fourth-order valence-electron chi connectivity index (χ4n) is 2.73. The van der Waals surface area contributed by atoms with Gasteiger partial charge in [-0.25, -0.2) is 0 Å². The van der Waals surface area contributed by atoms with Gasteiger partial charge in [0.1, 0.15) is 0 Å². The van der Waals surface area contributed by atoms with Gasteiger partial charge in [-0.1, -0.05) is 18.2 Å². The quantitative estimate of drug-likeness (QED) is 0.562. The average molecular weight is 256 g/mol. The van der Waals surface area contributed by atoms with E-state index in [1.165, 1.54) is 25.9 Å². The Morgan fingerprint density at radius 3 is 3.06 bits per heavy atom. The molecular formula is C15H14NOS+. The third kappa shape index (κ3) is 1.41. The maximum absolute atomic E-state index is 5.69. The molecule has 90 valence electrons. The van der Waals surface area contributed by atoms with Gasteiger partial charge in [0.15, 0.2) is 11.9 Å². The number of fused-ring (bicyclic) bond motifs is 4. The summed E-state index contributed by atoms with van der Waals surface area (Å²) >= 11 is 1.86. The Balaban J connectivity index is 2.10. The van der Waals surface area contributed by atoms with Crippen LogP contribution in [-0.4, -0.2) is 6.61 Å². The SMILES string of the molecule is C[C@@H]1OCCc2cc3c(c[n+]21)sc1ccccc13. The molecule has 0 bridgehead atoms. The molecule has 0 radical (unpaired) electrons. The molecule has 0 N–H and O–H groups in total. The fourth-order valence-corrected chi connectivity index (χ4v) is 3.85. The van der Waals surface area contributed by atoms with Gasteiger partial charge in [0.05, 0.1) is 17.7 Å². The lowest BCUT2D eigenvalue weighted by Gasteiger charge is -2.16. The summed E-state index contributed by atoms with van der Waals surface area (Å²) in [4.78, 5) is 0. The highest BCUT2D eigenvalue weighted by molar-refractivity contribution is 7.25. The highest BCUT2D eigenvalue weighted by atomic mass is 32.1. The maximum atomic E-state index is 5.69. The van der Waals surface area contributed by atoms with Crippen LogP contribution in [0.2, 0.25) is 0 Å². The van der Waals surface area contributed by atoms with Crippen molar-refractivity contribution in [3.63, 3.8) is 0 Å². The zero-order valence-electron chi connectivity index (χ0n) is 10.2. The summed E-state index contributed by atoms with van der Waals surface area (Å²) in [6, 6.07) is 11.0. The number of benzene rings is 1. The van der Waals surface area contributed by atoms with E-state index >= 15 is 0 Å². The number of ether oxygens (including phenoxy) is 1. The van der Waals surface area contributed by atoms with Gasteiger partial charge in [-0.3, -0.25) is 0 Å². The number of nitrogens with zero attached hydrogens (tertiary/aromatic N) is 1. The van der Waals surface area contributed by atoms with E-state index < -0.39 is 0 Å². The Kier molecular flexibility index (Phi) is 2.19. The Bertz CT molecular complexity index is 747. The summed E-state index contributed by atoms with van der Waals surface area (Å²) < 4.78 is 10.7. The molecule has 0 saturated carbocycles. The van der Waals surface area contributed by atoms with Gasteiger partial charge in [0, 0.05) is 28.5 Å². The molecule has 1 aliphatic rings. The number of hydrogen-bond acceptors (Lipinski definition) is 2. The third-order valence-electron chi connectivity index (χ3n) is 3.67. The zero-order chi connectivity index (χ0) is 12.1. The monoisotopic (exact) mass is 256 g/mol. The molecule has 2 aromatic heterocycles. The van der Waals surface area contributed by atoms with Crippen LogP contribution in [0.5, 0.6) is 0 Å². The Hall–Kier alpha value is -1.45. The van der Waals surface area contributed by atoms with Crippen LogP contribution in [-0.2, 0) is 11.2 Å². The Morgan fingerprint density at radius 2 is 2.11 bits per heavy atom. The molecule has 1 aromatic carbocycles. The summed E-state index contributed by atoms with van der Waals surface area (Å²) in [5.41, 5.74) is 1.38. The molecule has 18 heavy (non-hydrogen) atoms. The first-order chi connectivity index (χ1) is 8.83. The minimum absolute atomic E-state index is 0.156. The molecule has 2 nitrogen and oxygen atoms in total. The number of pyridine rings is 1. The smallest absolute Gasteiger partial charge is 0.259 e. The third-order valence-corrected chi connectivity index (χ3v) is 4.79. The van der Waals surface area contributed by atoms with Crippen molar-refractivity contribution < 1.29 is 9.30 Å². The van der Waals surface area contributed by atoms with Crippen LogP contribution < -0.4 is 4.57 Å². The Morgan fingerprint density at radius 1 is 1.22 bits per heavy atom. The normalized spacial score (nSPS) is 19.3. The van der Waals surface area contributed by atoms with Crippen LogP contribution in [0, 0.1) is 0 Å². The van der Waals surface area contributed by atoms with E-state index in [4.69, 9.17) is 4.74 Å². The minimum Gasteiger partial charge on any atom is -0.321 e. The first kappa shape index (κ1) is 10.5. The number of aromatic nitrogens is 1. The fraction of sp³-hybridized carbons (Fsp3) is 0.267. The molecule has 1 aliphatic heterocycles. The first-order valence-electron chi connectivity index (χ1n) is 6.30. The molecule has 1 atom stereocenters. The second kappa shape index (κ2) is 3.77. The first-order valence-corrected chi connectivity index (χ1v) is 7.11. The predicted octanol–water partition coefficient (Wildman–Crippen LogP) is 3.43. The second-order valence-electron chi connectivity index (χ2n) is 4.77. The minimum atomic E-state index is 0.156. The van der Waals surface area contributed by atoms with E-state index in [1.54, 1.807) is 0 Å². The summed E-state index contributed by atoms with van der Waals surface area (Å²) in [5, 5.41) is 2.76. The van der Waals surface area contributed by atoms with Gasteiger partial charge < -0.3 is 4.74 Å². The molecule has 4 rings (SSSR count). The largest absolute Gasteiger partial charge is 0.321 e. The molecule has 0 unspecified atom stereocenters. The molecule has 3 aromatic rings. The van der Waals surface area contributed by atoms with Gasteiger partial charge in [-0.05, 0) is 6.07 Å². The van der Waals surface area contributed by atoms with E-state index in [0.717, 1.165) is 13.0 Å². The van der Waals surface area contributed by atoms with Crippen molar-refractivity contribution in [3.05, 3.63) is 42.2 Å². The van der Waals surface area contributed by atoms with E-state index in [9.17, 15) is 0 Å². The molecule has 0 aliphatic carbocycles. The predicted molar refractivity (Wildman–Crippen MR) is 73.9 cm³/mol. The molecule has 0 saturated heterocycles. The van der Waals surface area contributed by atoms with Crippen molar-refractivity contribution in [2.24, 2.45) is 0 Å². The summed E-state index contributed by atoms with van der Waals surface area (Å²) in [6.07, 6.45) is 3.41. The molecular weight excluding hydrogens is 242 g/mol. The maximum Gasteiger partial charge on any atom is 0.259 e. The number of hydrogen-bond donors (Lipinski definition) is 0. The van der Waals surface area contributed by atoms with E-state index in [2.05, 4.69) is 48.0 Å². The van der Waals surface area contributed by atoms with Crippen molar-refractivity contribution in [1.29, 1.82) is 0 Å². The van der Waals surface area contributed by atoms with Gasteiger partial charge >= 0.3 is 0 Å². The summed E-state index contributed by atoms with van der Waals surface area (Å²) in [6.45, 7) is 2.94. The average Bonchev–Trinajstić information content (AvgIpc) is 2.75.